The number of benzene rings is 1. The Bertz CT molecular complexity index is 956. The third-order valence-corrected chi connectivity index (χ3v) is 6.35. The third-order valence-electron chi connectivity index (χ3n) is 4.60. The molecule has 160 valence electrons. The molecule has 0 radical (unpaired) electrons. The van der Waals surface area contributed by atoms with Gasteiger partial charge in [-0.25, -0.2) is 13.1 Å². The van der Waals surface area contributed by atoms with Crippen LogP contribution in [-0.4, -0.2) is 46.2 Å². The molecule has 3 rings (SSSR count). The van der Waals surface area contributed by atoms with Crippen LogP contribution < -0.4 is 4.72 Å². The number of sulfonamides is 1. The largest absolute Gasteiger partial charge is 0.465 e. The zero-order valence-corrected chi connectivity index (χ0v) is 17.1. The zero-order valence-electron chi connectivity index (χ0n) is 15.5. The molecule has 1 aliphatic rings. The molecule has 0 amide bonds. The van der Waals surface area contributed by atoms with Gasteiger partial charge in [-0.1, -0.05) is 11.6 Å². The van der Waals surface area contributed by atoms with E-state index in [1.807, 2.05) is 4.90 Å². The van der Waals surface area contributed by atoms with Crippen LogP contribution in [0.15, 0.2) is 39.6 Å². The molecule has 2 aromatic rings. The van der Waals surface area contributed by atoms with Crippen molar-refractivity contribution in [2.45, 2.75) is 24.0 Å². The summed E-state index contributed by atoms with van der Waals surface area (Å²) in [5, 5.41) is -0.561. The molecular weight excluding hydrogens is 433 g/mol. The van der Waals surface area contributed by atoms with Gasteiger partial charge in [-0.2, -0.15) is 13.2 Å². The van der Waals surface area contributed by atoms with E-state index in [-0.39, 0.29) is 6.54 Å². The van der Waals surface area contributed by atoms with Gasteiger partial charge < -0.3 is 9.15 Å². The van der Waals surface area contributed by atoms with Crippen molar-refractivity contribution >= 4 is 21.6 Å². The number of rotatable bonds is 6. The number of nitrogens with one attached hydrogen (secondary N) is 1. The van der Waals surface area contributed by atoms with Crippen molar-refractivity contribution in [3.8, 4) is 0 Å². The van der Waals surface area contributed by atoms with Crippen molar-refractivity contribution < 1.29 is 30.7 Å². The standard InChI is InChI=1S/C18H20ClF3N2O4S/c1-12-2-5-17(28-12)16(24-6-8-27-9-7-24)11-23-29(25,26)13-3-4-15(19)14(10-13)18(20,21)22/h2-5,10,16,23H,6-9,11H2,1H3. The summed E-state index contributed by atoms with van der Waals surface area (Å²) in [5.41, 5.74) is -1.20. The zero-order chi connectivity index (χ0) is 21.2. The Morgan fingerprint density at radius 2 is 1.90 bits per heavy atom. The topological polar surface area (TPSA) is 71.8 Å². The molecule has 0 aliphatic carbocycles. The molecule has 1 fully saturated rings. The fourth-order valence-corrected chi connectivity index (χ4v) is 4.38. The first-order chi connectivity index (χ1) is 13.6. The average Bonchev–Trinajstić information content (AvgIpc) is 3.08. The summed E-state index contributed by atoms with van der Waals surface area (Å²) >= 11 is 5.58. The van der Waals surface area contributed by atoms with Gasteiger partial charge in [0, 0.05) is 19.6 Å². The van der Waals surface area contributed by atoms with Crippen molar-refractivity contribution in [2.75, 3.05) is 32.8 Å². The Morgan fingerprint density at radius 1 is 1.21 bits per heavy atom. The highest BCUT2D eigenvalue weighted by Gasteiger charge is 2.35. The quantitative estimate of drug-likeness (QED) is 0.725. The predicted molar refractivity (Wildman–Crippen MR) is 100 cm³/mol. The molecule has 1 atom stereocenters. The first-order valence-corrected chi connectivity index (χ1v) is 10.7. The second-order valence-corrected chi connectivity index (χ2v) is 8.78. The minimum atomic E-state index is -4.76. The van der Waals surface area contributed by atoms with Gasteiger partial charge >= 0.3 is 6.18 Å². The molecule has 0 saturated carbocycles. The summed E-state index contributed by atoms with van der Waals surface area (Å²) in [5.74, 6) is 1.24. The van der Waals surface area contributed by atoms with E-state index >= 15 is 0 Å². The Balaban J connectivity index is 1.83. The number of furan rings is 1. The number of hydrogen-bond donors (Lipinski definition) is 1. The van der Waals surface area contributed by atoms with Crippen LogP contribution >= 0.6 is 11.6 Å². The number of ether oxygens (including phenoxy) is 1. The molecule has 1 aromatic carbocycles. The lowest BCUT2D eigenvalue weighted by atomic mass is 10.2. The van der Waals surface area contributed by atoms with E-state index in [1.54, 1.807) is 19.1 Å². The second kappa shape index (κ2) is 8.65. The van der Waals surface area contributed by atoms with Crippen molar-refractivity contribution in [1.29, 1.82) is 0 Å². The van der Waals surface area contributed by atoms with Crippen LogP contribution in [-0.2, 0) is 20.9 Å². The summed E-state index contributed by atoms with van der Waals surface area (Å²) < 4.78 is 77.9. The van der Waals surface area contributed by atoms with Gasteiger partial charge in [0.25, 0.3) is 0 Å². The minimum Gasteiger partial charge on any atom is -0.465 e. The van der Waals surface area contributed by atoms with Crippen molar-refractivity contribution in [3.05, 3.63) is 52.4 Å². The van der Waals surface area contributed by atoms with E-state index in [1.165, 1.54) is 0 Å². The molecule has 0 bridgehead atoms. The number of morpholine rings is 1. The summed E-state index contributed by atoms with van der Waals surface area (Å²) in [7, 11) is -4.20. The van der Waals surface area contributed by atoms with E-state index < -0.39 is 37.7 Å². The Kier molecular flexibility index (Phi) is 6.59. The number of halogens is 4. The number of alkyl halides is 3. The van der Waals surface area contributed by atoms with E-state index in [2.05, 4.69) is 4.72 Å². The Labute approximate surface area is 171 Å². The second-order valence-electron chi connectivity index (χ2n) is 6.60. The lowest BCUT2D eigenvalue weighted by Gasteiger charge is -2.33. The molecule has 2 heterocycles. The maximum atomic E-state index is 13.1. The van der Waals surface area contributed by atoms with E-state index in [0.29, 0.717) is 43.9 Å². The van der Waals surface area contributed by atoms with Gasteiger partial charge in [0.05, 0.1) is 34.7 Å². The number of hydrogen-bond acceptors (Lipinski definition) is 5. The average molecular weight is 453 g/mol. The fourth-order valence-electron chi connectivity index (χ4n) is 3.09. The monoisotopic (exact) mass is 452 g/mol. The normalized spacial score (nSPS) is 17.4. The summed E-state index contributed by atoms with van der Waals surface area (Å²) in [6.45, 7) is 3.84. The fraction of sp³-hybridized carbons (Fsp3) is 0.444. The van der Waals surface area contributed by atoms with Crippen LogP contribution in [0.1, 0.15) is 23.1 Å². The summed E-state index contributed by atoms with van der Waals surface area (Å²) in [6, 6.07) is 5.61. The predicted octanol–water partition coefficient (Wildman–Crippen LogP) is 3.61. The van der Waals surface area contributed by atoms with E-state index in [9.17, 15) is 21.6 Å². The number of aryl methyl sites for hydroxylation is 1. The molecule has 1 saturated heterocycles. The van der Waals surface area contributed by atoms with Crippen LogP contribution in [0.3, 0.4) is 0 Å². The molecular formula is C18H20ClF3N2O4S. The van der Waals surface area contributed by atoms with Crippen LogP contribution in [0.4, 0.5) is 13.2 Å². The maximum Gasteiger partial charge on any atom is 0.417 e. The minimum absolute atomic E-state index is 0.0702. The summed E-state index contributed by atoms with van der Waals surface area (Å²) in [6.07, 6.45) is -4.76. The Morgan fingerprint density at radius 3 is 2.48 bits per heavy atom. The van der Waals surface area contributed by atoms with Gasteiger partial charge in [0.2, 0.25) is 10.0 Å². The molecule has 11 heteroatoms. The number of nitrogens with zero attached hydrogens (tertiary/aromatic N) is 1. The molecule has 0 spiro atoms. The molecule has 1 N–H and O–H groups in total. The summed E-state index contributed by atoms with van der Waals surface area (Å²) in [4.78, 5) is 1.50. The van der Waals surface area contributed by atoms with Crippen molar-refractivity contribution in [1.82, 2.24) is 9.62 Å². The third kappa shape index (κ3) is 5.32. The van der Waals surface area contributed by atoms with Gasteiger partial charge in [-0.3, -0.25) is 4.90 Å². The van der Waals surface area contributed by atoms with E-state index in [0.717, 1.165) is 12.1 Å². The van der Waals surface area contributed by atoms with Gasteiger partial charge in [-0.15, -0.1) is 0 Å². The molecule has 29 heavy (non-hydrogen) atoms. The highest BCUT2D eigenvalue weighted by molar-refractivity contribution is 7.89. The Hall–Kier alpha value is -1.59. The SMILES string of the molecule is Cc1ccc(C(CNS(=O)(=O)c2ccc(Cl)c(C(F)(F)F)c2)N2CCOCC2)o1. The van der Waals surface area contributed by atoms with Gasteiger partial charge in [0.15, 0.2) is 0 Å². The van der Waals surface area contributed by atoms with E-state index in [4.69, 9.17) is 20.8 Å². The lowest BCUT2D eigenvalue weighted by molar-refractivity contribution is -0.137. The smallest absolute Gasteiger partial charge is 0.417 e. The lowest BCUT2D eigenvalue weighted by Crippen LogP contribution is -2.43. The van der Waals surface area contributed by atoms with Crippen LogP contribution in [0, 0.1) is 6.92 Å². The molecule has 1 aliphatic heterocycles. The molecule has 1 unspecified atom stereocenters. The molecule has 1 aromatic heterocycles. The maximum absolute atomic E-state index is 13.1. The van der Waals surface area contributed by atoms with Crippen LogP contribution in [0.25, 0.3) is 0 Å². The van der Waals surface area contributed by atoms with Gasteiger partial charge in [-0.05, 0) is 37.3 Å². The van der Waals surface area contributed by atoms with Crippen LogP contribution in [0.2, 0.25) is 5.02 Å². The first-order valence-electron chi connectivity index (χ1n) is 8.82. The first kappa shape index (κ1) is 22.1. The molecule has 6 nitrogen and oxygen atoms in total. The van der Waals surface area contributed by atoms with Crippen LogP contribution in [0.5, 0.6) is 0 Å². The highest BCUT2D eigenvalue weighted by atomic mass is 35.5. The highest BCUT2D eigenvalue weighted by Crippen LogP contribution is 2.36. The van der Waals surface area contributed by atoms with Gasteiger partial charge in [0.1, 0.15) is 11.5 Å². The van der Waals surface area contributed by atoms with Crippen molar-refractivity contribution in [3.63, 3.8) is 0 Å². The van der Waals surface area contributed by atoms with Crippen molar-refractivity contribution in [2.24, 2.45) is 0 Å².